The Morgan fingerprint density at radius 2 is 1.40 bits per heavy atom. The van der Waals surface area contributed by atoms with E-state index in [-0.39, 0.29) is 11.8 Å². The van der Waals surface area contributed by atoms with Gasteiger partial charge in [-0.05, 0) is 29.7 Å². The molecule has 3 aromatic rings. The van der Waals surface area contributed by atoms with Crippen molar-refractivity contribution in [3.63, 3.8) is 0 Å². The van der Waals surface area contributed by atoms with Gasteiger partial charge in [-0.25, -0.2) is 4.90 Å². The number of para-hydroxylation sites is 1. The topological polar surface area (TPSA) is 40.6 Å². The fourth-order valence-electron chi connectivity index (χ4n) is 4.65. The molecule has 0 aliphatic carbocycles. The van der Waals surface area contributed by atoms with Crippen molar-refractivity contribution in [2.24, 2.45) is 0 Å². The minimum atomic E-state index is -10.7. The Balaban J connectivity index is 0.000000364. The van der Waals surface area contributed by atoms with Gasteiger partial charge in [0.1, 0.15) is 6.54 Å². The summed E-state index contributed by atoms with van der Waals surface area (Å²) in [6.45, 7) is 1.73. The van der Waals surface area contributed by atoms with E-state index in [0.717, 1.165) is 34.2 Å². The first kappa shape index (κ1) is 24.9. The third-order valence-electron chi connectivity index (χ3n) is 5.72. The molecule has 3 aromatic carbocycles. The molecule has 2 heterocycles. The van der Waals surface area contributed by atoms with Crippen molar-refractivity contribution in [1.29, 1.82) is 0 Å². The number of nitrogens with zero attached hydrogens (tertiary/aromatic N) is 3. The molecule has 188 valence electrons. The van der Waals surface area contributed by atoms with E-state index in [1.165, 1.54) is 10.5 Å². The number of halogens is 6. The van der Waals surface area contributed by atoms with Crippen LogP contribution in [0.1, 0.15) is 26.3 Å². The molecule has 0 radical (unpaired) electrons. The predicted octanol–water partition coefficient (Wildman–Crippen LogP) is 7.01. The number of hydrogen-bond donors (Lipinski definition) is 0. The summed E-state index contributed by atoms with van der Waals surface area (Å²) >= 11 is 0. The van der Waals surface area contributed by atoms with Gasteiger partial charge in [-0.15, -0.1) is 0 Å². The second-order valence-corrected chi connectivity index (χ2v) is 11.2. The van der Waals surface area contributed by atoms with Crippen LogP contribution < -0.4 is 9.80 Å². The Morgan fingerprint density at radius 1 is 0.829 bits per heavy atom. The molecule has 0 N–H and O–H groups in total. The van der Waals surface area contributed by atoms with Crippen molar-refractivity contribution in [1.82, 2.24) is 0 Å². The summed E-state index contributed by atoms with van der Waals surface area (Å²) in [6.07, 6.45) is 0. The SMILES string of the molecule is CN1C[N+](C)(C)Cc2c1cc1c3c(cccc23)C(=O)N(c2ccccc2)C1=O.F[P-](F)(F)(F)(F)F. The van der Waals surface area contributed by atoms with Crippen LogP contribution >= 0.6 is 7.81 Å². The number of fused-ring (bicyclic) bond motifs is 2. The van der Waals surface area contributed by atoms with Crippen LogP contribution in [0.3, 0.4) is 0 Å². The van der Waals surface area contributed by atoms with Gasteiger partial charge in [0.15, 0.2) is 6.67 Å². The number of imide groups is 1. The first-order chi connectivity index (χ1) is 15.8. The molecule has 0 unspecified atom stereocenters. The molecule has 5 nitrogen and oxygen atoms in total. The average Bonchev–Trinajstić information content (AvgIpc) is 2.70. The molecule has 0 aromatic heterocycles. The van der Waals surface area contributed by atoms with E-state index >= 15 is 0 Å². The number of rotatable bonds is 1. The zero-order valence-corrected chi connectivity index (χ0v) is 19.9. The number of carbonyl (C=O) groups excluding carboxylic acids is 2. The standard InChI is InChI=1S/C23H22N3O2.F6P/c1-24-14-26(2,3)13-19-16-10-7-11-17-21(16)18(12-20(19)24)23(28)25(22(17)27)15-8-5-4-6-9-15;1-7(2,3,4,5)6/h4-12H,13-14H2,1-3H3;/q+1;-1. The zero-order valence-electron chi connectivity index (χ0n) is 19.0. The van der Waals surface area contributed by atoms with E-state index in [1.54, 1.807) is 12.1 Å². The fraction of sp³-hybridized carbons (Fsp3) is 0.217. The first-order valence-corrected chi connectivity index (χ1v) is 12.5. The molecule has 0 fully saturated rings. The van der Waals surface area contributed by atoms with Crippen LogP contribution in [-0.2, 0) is 6.54 Å². The maximum absolute atomic E-state index is 13.4. The second-order valence-electron chi connectivity index (χ2n) is 9.32. The summed E-state index contributed by atoms with van der Waals surface area (Å²) in [6, 6.07) is 16.9. The van der Waals surface area contributed by atoms with Crippen LogP contribution in [0.5, 0.6) is 0 Å². The fourth-order valence-corrected chi connectivity index (χ4v) is 4.65. The molecule has 2 aliphatic heterocycles. The molecular weight excluding hydrogens is 495 g/mol. The molecule has 0 atom stereocenters. The molecule has 5 rings (SSSR count). The van der Waals surface area contributed by atoms with E-state index in [1.807, 2.05) is 42.5 Å². The number of anilines is 2. The number of benzene rings is 3. The summed E-state index contributed by atoms with van der Waals surface area (Å²) < 4.78 is 60.0. The number of carbonyl (C=O) groups is 2. The van der Waals surface area contributed by atoms with Gasteiger partial charge in [-0.3, -0.25) is 9.59 Å². The van der Waals surface area contributed by atoms with E-state index in [2.05, 4.69) is 26.0 Å². The molecule has 0 bridgehead atoms. The Hall–Kier alpha value is -3.17. The predicted molar refractivity (Wildman–Crippen MR) is 124 cm³/mol. The van der Waals surface area contributed by atoms with Crippen molar-refractivity contribution in [3.05, 3.63) is 71.3 Å². The van der Waals surface area contributed by atoms with Crippen molar-refractivity contribution >= 4 is 41.8 Å². The van der Waals surface area contributed by atoms with Crippen LogP contribution in [0.4, 0.5) is 36.6 Å². The van der Waals surface area contributed by atoms with Crippen LogP contribution in [0, 0.1) is 0 Å². The van der Waals surface area contributed by atoms with E-state index in [4.69, 9.17) is 0 Å². The van der Waals surface area contributed by atoms with Crippen molar-refractivity contribution in [3.8, 4) is 0 Å². The average molecular weight is 517 g/mol. The second kappa shape index (κ2) is 7.18. The van der Waals surface area contributed by atoms with E-state index < -0.39 is 7.81 Å². The minimum absolute atomic E-state index is 0.254. The first-order valence-electron chi connectivity index (χ1n) is 10.4. The molecular formula is C23H22F6N3O2P. The molecule has 12 heteroatoms. The van der Waals surface area contributed by atoms with Crippen molar-refractivity contribution in [2.45, 2.75) is 6.54 Å². The number of amides is 2. The van der Waals surface area contributed by atoms with Gasteiger partial charge < -0.3 is 9.38 Å². The maximum atomic E-state index is 13.4. The summed E-state index contributed by atoms with van der Waals surface area (Å²) in [5.41, 5.74) is 4.08. The van der Waals surface area contributed by atoms with Crippen molar-refractivity contribution < 1.29 is 39.3 Å². The normalized spacial score (nSPS) is 18.9. The van der Waals surface area contributed by atoms with Gasteiger partial charge in [0.2, 0.25) is 0 Å². The third kappa shape index (κ3) is 5.41. The van der Waals surface area contributed by atoms with Crippen LogP contribution in [0.15, 0.2) is 54.6 Å². The zero-order chi connectivity index (χ0) is 26.0. The van der Waals surface area contributed by atoms with Crippen LogP contribution in [-0.4, -0.2) is 44.1 Å². The van der Waals surface area contributed by atoms with Gasteiger partial charge >= 0.3 is 33.0 Å². The quantitative estimate of drug-likeness (QED) is 0.151. The Bertz CT molecular complexity index is 1360. The van der Waals surface area contributed by atoms with E-state index in [0.29, 0.717) is 16.8 Å². The van der Waals surface area contributed by atoms with Crippen LogP contribution in [0.25, 0.3) is 10.8 Å². The van der Waals surface area contributed by atoms with E-state index in [9.17, 15) is 34.8 Å². The summed E-state index contributed by atoms with van der Waals surface area (Å²) in [4.78, 5) is 30.2. The number of hydrogen-bond acceptors (Lipinski definition) is 3. The van der Waals surface area contributed by atoms with Gasteiger partial charge in [-0.2, -0.15) is 0 Å². The van der Waals surface area contributed by atoms with Gasteiger partial charge in [0, 0.05) is 23.6 Å². The summed E-state index contributed by atoms with van der Waals surface area (Å²) in [5.74, 6) is -0.511. The number of quaternary nitrogens is 1. The molecule has 0 saturated heterocycles. The monoisotopic (exact) mass is 517 g/mol. The Labute approximate surface area is 197 Å². The van der Waals surface area contributed by atoms with Gasteiger partial charge in [-0.1, -0.05) is 30.3 Å². The molecule has 0 saturated carbocycles. The van der Waals surface area contributed by atoms with Gasteiger partial charge in [0.25, 0.3) is 11.8 Å². The Morgan fingerprint density at radius 3 is 2.00 bits per heavy atom. The molecule has 35 heavy (non-hydrogen) atoms. The molecule has 2 amide bonds. The molecule has 2 aliphatic rings. The van der Waals surface area contributed by atoms with Crippen LogP contribution in [0.2, 0.25) is 0 Å². The Kier molecular flexibility index (Phi) is 5.11. The summed E-state index contributed by atoms with van der Waals surface area (Å²) in [5, 5.41) is 1.80. The van der Waals surface area contributed by atoms with Gasteiger partial charge in [0.05, 0.1) is 31.0 Å². The van der Waals surface area contributed by atoms with Crippen molar-refractivity contribution in [2.75, 3.05) is 37.6 Å². The summed E-state index contributed by atoms with van der Waals surface area (Å²) in [7, 11) is -4.20. The molecule has 0 spiro atoms. The third-order valence-corrected chi connectivity index (χ3v) is 5.72.